The van der Waals surface area contributed by atoms with E-state index in [-0.39, 0.29) is 5.97 Å². The predicted octanol–water partition coefficient (Wildman–Crippen LogP) is 4.03. The van der Waals surface area contributed by atoms with E-state index >= 15 is 0 Å². The van der Waals surface area contributed by atoms with Crippen molar-refractivity contribution in [2.45, 2.75) is 13.8 Å². The first-order chi connectivity index (χ1) is 12.1. The van der Waals surface area contributed by atoms with Crippen LogP contribution in [0.15, 0.2) is 59.7 Å². The third kappa shape index (κ3) is 3.50. The summed E-state index contributed by atoms with van der Waals surface area (Å²) >= 11 is 0. The normalized spacial score (nSPS) is 11.0. The van der Waals surface area contributed by atoms with Gasteiger partial charge in [0.05, 0.1) is 18.4 Å². The second-order valence-corrected chi connectivity index (χ2v) is 5.65. The van der Waals surface area contributed by atoms with Crippen LogP contribution in [0.3, 0.4) is 0 Å². The van der Waals surface area contributed by atoms with E-state index < -0.39 is 0 Å². The van der Waals surface area contributed by atoms with Crippen molar-refractivity contribution in [3.63, 3.8) is 0 Å². The summed E-state index contributed by atoms with van der Waals surface area (Å²) in [5.74, 6) is 0.509. The van der Waals surface area contributed by atoms with E-state index in [9.17, 15) is 4.79 Å². The van der Waals surface area contributed by atoms with Crippen molar-refractivity contribution in [1.29, 1.82) is 0 Å². The zero-order chi connectivity index (χ0) is 17.8. The molecule has 3 aromatic rings. The molecule has 0 N–H and O–H groups in total. The van der Waals surface area contributed by atoms with Gasteiger partial charge in [0.2, 0.25) is 0 Å². The Balaban J connectivity index is 1.92. The summed E-state index contributed by atoms with van der Waals surface area (Å²) in [6.45, 7) is 4.07. The average molecular weight is 333 g/mol. The molecule has 0 fully saturated rings. The number of carbonyl (C=O) groups is 1. The van der Waals surface area contributed by atoms with E-state index in [2.05, 4.69) is 20.6 Å². The molecule has 5 heteroatoms. The molecule has 2 heterocycles. The van der Waals surface area contributed by atoms with Crippen molar-refractivity contribution >= 4 is 17.9 Å². The van der Waals surface area contributed by atoms with Gasteiger partial charge in [0.15, 0.2) is 0 Å². The van der Waals surface area contributed by atoms with Crippen LogP contribution in [0.5, 0.6) is 0 Å². The second kappa shape index (κ2) is 7.13. The monoisotopic (exact) mass is 333 g/mol. The standard InChI is InChI=1S/C20H19N3O2/c1-14-11-17(15(2)23(14)19-9-4-5-10-21-19)13-22-18-8-6-7-16(12-18)20(24)25-3/h4-13H,1-3H3. The van der Waals surface area contributed by atoms with Gasteiger partial charge in [-0.05, 0) is 50.2 Å². The van der Waals surface area contributed by atoms with Crippen LogP contribution in [0.2, 0.25) is 0 Å². The Morgan fingerprint density at radius 3 is 2.72 bits per heavy atom. The first kappa shape index (κ1) is 16.6. The van der Waals surface area contributed by atoms with Gasteiger partial charge in [0.1, 0.15) is 5.82 Å². The lowest BCUT2D eigenvalue weighted by Gasteiger charge is -2.07. The molecular formula is C20H19N3O2. The van der Waals surface area contributed by atoms with Gasteiger partial charge >= 0.3 is 5.97 Å². The number of rotatable bonds is 4. The zero-order valence-corrected chi connectivity index (χ0v) is 14.4. The number of ether oxygens (including phenoxy) is 1. The number of carbonyl (C=O) groups excluding carboxylic acids is 1. The molecule has 0 aliphatic rings. The van der Waals surface area contributed by atoms with Crippen LogP contribution < -0.4 is 0 Å². The quantitative estimate of drug-likeness (QED) is 0.535. The Hall–Kier alpha value is -3.21. The molecular weight excluding hydrogens is 314 g/mol. The van der Waals surface area contributed by atoms with E-state index in [1.165, 1.54) is 7.11 Å². The molecule has 0 bridgehead atoms. The molecule has 0 radical (unpaired) electrons. The summed E-state index contributed by atoms with van der Waals surface area (Å²) in [5.41, 5.74) is 4.33. The Kier molecular flexibility index (Phi) is 4.75. The number of esters is 1. The topological polar surface area (TPSA) is 56.5 Å². The van der Waals surface area contributed by atoms with Crippen molar-refractivity contribution in [2.75, 3.05) is 7.11 Å². The van der Waals surface area contributed by atoms with Crippen LogP contribution in [-0.2, 0) is 4.74 Å². The van der Waals surface area contributed by atoms with Crippen molar-refractivity contribution < 1.29 is 9.53 Å². The van der Waals surface area contributed by atoms with Gasteiger partial charge in [-0.3, -0.25) is 4.99 Å². The van der Waals surface area contributed by atoms with Gasteiger partial charge in [-0.15, -0.1) is 0 Å². The van der Waals surface area contributed by atoms with Gasteiger partial charge in [-0.25, -0.2) is 9.78 Å². The molecule has 0 unspecified atom stereocenters. The van der Waals surface area contributed by atoms with Crippen LogP contribution in [0.1, 0.15) is 27.3 Å². The summed E-state index contributed by atoms with van der Waals surface area (Å²) in [7, 11) is 1.37. The number of nitrogens with zero attached hydrogens (tertiary/aromatic N) is 3. The second-order valence-electron chi connectivity index (χ2n) is 5.65. The maximum atomic E-state index is 11.6. The lowest BCUT2D eigenvalue weighted by Crippen LogP contribution is -2.01. The van der Waals surface area contributed by atoms with Crippen molar-refractivity contribution in [2.24, 2.45) is 4.99 Å². The molecule has 3 rings (SSSR count). The Labute approximate surface area is 146 Å². The molecule has 0 aliphatic carbocycles. The molecule has 1 aromatic carbocycles. The largest absolute Gasteiger partial charge is 0.465 e. The number of aryl methyl sites for hydroxylation is 1. The highest BCUT2D eigenvalue weighted by atomic mass is 16.5. The molecule has 5 nitrogen and oxygen atoms in total. The smallest absolute Gasteiger partial charge is 0.337 e. The lowest BCUT2D eigenvalue weighted by molar-refractivity contribution is 0.0601. The summed E-state index contributed by atoms with van der Waals surface area (Å²) in [6, 6.07) is 15.0. The highest BCUT2D eigenvalue weighted by molar-refractivity contribution is 5.91. The van der Waals surface area contributed by atoms with Gasteiger partial charge < -0.3 is 9.30 Å². The third-order valence-electron chi connectivity index (χ3n) is 3.97. The van der Waals surface area contributed by atoms with E-state index in [0.29, 0.717) is 11.3 Å². The first-order valence-corrected chi connectivity index (χ1v) is 7.93. The zero-order valence-electron chi connectivity index (χ0n) is 14.4. The van der Waals surface area contributed by atoms with Crippen LogP contribution >= 0.6 is 0 Å². The minimum Gasteiger partial charge on any atom is -0.465 e. The summed E-state index contributed by atoms with van der Waals surface area (Å²) < 4.78 is 6.83. The summed E-state index contributed by atoms with van der Waals surface area (Å²) in [5, 5.41) is 0. The van der Waals surface area contributed by atoms with E-state index in [1.54, 1.807) is 30.6 Å². The van der Waals surface area contributed by atoms with Crippen molar-refractivity contribution in [3.8, 4) is 5.82 Å². The average Bonchev–Trinajstić information content (AvgIpc) is 2.93. The number of aromatic nitrogens is 2. The number of hydrogen-bond acceptors (Lipinski definition) is 4. The number of aliphatic imine (C=N–C) groups is 1. The molecule has 0 saturated heterocycles. The maximum absolute atomic E-state index is 11.6. The van der Waals surface area contributed by atoms with Gasteiger partial charge in [-0.1, -0.05) is 12.1 Å². The molecule has 0 saturated carbocycles. The minimum absolute atomic E-state index is 0.370. The molecule has 2 aromatic heterocycles. The fourth-order valence-corrected chi connectivity index (χ4v) is 2.73. The van der Waals surface area contributed by atoms with Crippen molar-refractivity contribution in [3.05, 3.63) is 77.2 Å². The van der Waals surface area contributed by atoms with Crippen molar-refractivity contribution in [1.82, 2.24) is 9.55 Å². The van der Waals surface area contributed by atoms with Crippen LogP contribution in [-0.4, -0.2) is 28.8 Å². The SMILES string of the molecule is COC(=O)c1cccc(N=Cc2cc(C)n(-c3ccccn3)c2C)c1. The predicted molar refractivity (Wildman–Crippen MR) is 98.1 cm³/mol. The summed E-state index contributed by atoms with van der Waals surface area (Å²) in [4.78, 5) is 20.5. The lowest BCUT2D eigenvalue weighted by atomic mass is 10.2. The Morgan fingerprint density at radius 1 is 1.16 bits per heavy atom. The van der Waals surface area contributed by atoms with Gasteiger partial charge in [0, 0.05) is 29.4 Å². The molecule has 25 heavy (non-hydrogen) atoms. The highest BCUT2D eigenvalue weighted by Crippen LogP contribution is 2.20. The third-order valence-corrected chi connectivity index (χ3v) is 3.97. The highest BCUT2D eigenvalue weighted by Gasteiger charge is 2.10. The molecule has 0 spiro atoms. The number of methoxy groups -OCH3 is 1. The maximum Gasteiger partial charge on any atom is 0.337 e. The molecule has 126 valence electrons. The molecule has 0 amide bonds. The fraction of sp³-hybridized carbons (Fsp3) is 0.150. The number of pyridine rings is 1. The molecule has 0 aliphatic heterocycles. The van der Waals surface area contributed by atoms with Gasteiger partial charge in [-0.2, -0.15) is 0 Å². The molecule has 0 atom stereocenters. The van der Waals surface area contributed by atoms with Crippen LogP contribution in [0, 0.1) is 13.8 Å². The Morgan fingerprint density at radius 2 is 2.00 bits per heavy atom. The van der Waals surface area contributed by atoms with Crippen LogP contribution in [0.25, 0.3) is 5.82 Å². The number of hydrogen-bond donors (Lipinski definition) is 0. The summed E-state index contributed by atoms with van der Waals surface area (Å²) in [6.07, 6.45) is 3.58. The minimum atomic E-state index is -0.370. The van der Waals surface area contributed by atoms with E-state index in [0.717, 1.165) is 22.8 Å². The van der Waals surface area contributed by atoms with E-state index in [1.807, 2.05) is 38.1 Å². The van der Waals surface area contributed by atoms with Crippen LogP contribution in [0.4, 0.5) is 5.69 Å². The Bertz CT molecular complexity index is 927. The fourth-order valence-electron chi connectivity index (χ4n) is 2.73. The van der Waals surface area contributed by atoms with Gasteiger partial charge in [0.25, 0.3) is 0 Å². The number of benzene rings is 1. The van der Waals surface area contributed by atoms with E-state index in [4.69, 9.17) is 4.74 Å². The first-order valence-electron chi connectivity index (χ1n) is 7.93.